The minimum Gasteiger partial charge on any atom is -0.376 e. The monoisotopic (exact) mass is 508 g/mol. The molecule has 1 N–H and O–H groups in total. The number of anilines is 1. The van der Waals surface area contributed by atoms with Crippen molar-refractivity contribution in [2.75, 3.05) is 24.6 Å². The van der Waals surface area contributed by atoms with E-state index in [0.717, 1.165) is 25.9 Å². The van der Waals surface area contributed by atoms with Crippen molar-refractivity contribution in [2.45, 2.75) is 57.4 Å². The van der Waals surface area contributed by atoms with Gasteiger partial charge in [0.25, 0.3) is 5.56 Å². The summed E-state index contributed by atoms with van der Waals surface area (Å²) in [6.07, 6.45) is 3.50. The number of rotatable bonds is 3. The molecule has 1 aromatic heterocycles. The van der Waals surface area contributed by atoms with Gasteiger partial charge in [0.2, 0.25) is 5.95 Å². The van der Waals surface area contributed by atoms with Gasteiger partial charge in [0.15, 0.2) is 0 Å². The number of hydrogen-bond acceptors (Lipinski definition) is 5. The highest BCUT2D eigenvalue weighted by molar-refractivity contribution is 14.1. The molecule has 27 heavy (non-hydrogen) atoms. The summed E-state index contributed by atoms with van der Waals surface area (Å²) < 4.78 is 24.0. The first kappa shape index (κ1) is 21.2. The second-order valence-corrected chi connectivity index (χ2v) is 11.8. The molecule has 0 aliphatic carbocycles. The Balaban J connectivity index is 1.76. The Morgan fingerprint density at radius 2 is 2.00 bits per heavy atom. The molecular formula is C18H29IN4O3S. The number of nitrogens with one attached hydrogen (secondary N) is 1. The summed E-state index contributed by atoms with van der Waals surface area (Å²) in [6.45, 7) is 10.3. The Morgan fingerprint density at radius 1 is 1.37 bits per heavy atom. The van der Waals surface area contributed by atoms with Gasteiger partial charge in [0, 0.05) is 31.7 Å². The molecule has 0 aromatic carbocycles. The largest absolute Gasteiger partial charge is 0.376 e. The summed E-state index contributed by atoms with van der Waals surface area (Å²) in [5.41, 5.74) is -0.0438. The minimum absolute atomic E-state index is 0.0150. The maximum atomic E-state index is 12.7. The first-order chi connectivity index (χ1) is 12.5. The highest BCUT2D eigenvalue weighted by Crippen LogP contribution is 2.43. The molecule has 9 heteroatoms. The fourth-order valence-electron chi connectivity index (χ4n) is 3.90. The SMILES string of the molecule is C[C@@H]1OCC2(CCN(c3ncc(I)c(=O)n3C)CC2)[C@@H]1NS(=O)C(C)(C)C. The molecule has 2 aliphatic heterocycles. The van der Waals surface area contributed by atoms with Crippen molar-refractivity contribution in [3.63, 3.8) is 0 Å². The van der Waals surface area contributed by atoms with Gasteiger partial charge in [0.1, 0.15) is 0 Å². The van der Waals surface area contributed by atoms with Crippen LogP contribution in [-0.2, 0) is 22.8 Å². The van der Waals surface area contributed by atoms with Crippen LogP contribution in [0.15, 0.2) is 11.0 Å². The van der Waals surface area contributed by atoms with Crippen molar-refractivity contribution < 1.29 is 8.95 Å². The lowest BCUT2D eigenvalue weighted by atomic mass is 9.73. The quantitative estimate of drug-likeness (QED) is 0.631. The van der Waals surface area contributed by atoms with E-state index >= 15 is 0 Å². The molecule has 1 unspecified atom stereocenters. The van der Waals surface area contributed by atoms with Crippen molar-refractivity contribution >= 4 is 39.5 Å². The molecule has 2 fully saturated rings. The standard InChI is InChI=1S/C18H29IN4O3S/c1-12-14(21-27(25)17(2,3)4)18(11-26-12)6-8-23(9-7-18)16-20-10-13(19)15(24)22(16)5/h10,12,14,21H,6-9,11H2,1-5H3/t12-,14+,27?/m0/s1. The van der Waals surface area contributed by atoms with Crippen LogP contribution in [0.1, 0.15) is 40.5 Å². The third-order valence-corrected chi connectivity index (χ3v) is 8.02. The van der Waals surface area contributed by atoms with Crippen LogP contribution in [0.3, 0.4) is 0 Å². The molecule has 2 aliphatic rings. The number of hydrogen-bond donors (Lipinski definition) is 1. The molecule has 0 saturated carbocycles. The van der Waals surface area contributed by atoms with Crippen LogP contribution < -0.4 is 15.2 Å². The average Bonchev–Trinajstić information content (AvgIpc) is 2.90. The van der Waals surface area contributed by atoms with Gasteiger partial charge in [-0.1, -0.05) is 0 Å². The molecule has 0 bridgehead atoms. The lowest BCUT2D eigenvalue weighted by Gasteiger charge is -2.43. The van der Waals surface area contributed by atoms with Crippen LogP contribution in [0.5, 0.6) is 0 Å². The van der Waals surface area contributed by atoms with E-state index in [4.69, 9.17) is 4.74 Å². The van der Waals surface area contributed by atoms with Gasteiger partial charge in [0.05, 0.1) is 38.1 Å². The number of nitrogens with zero attached hydrogens (tertiary/aromatic N) is 3. The molecule has 3 atom stereocenters. The smallest absolute Gasteiger partial charge is 0.268 e. The van der Waals surface area contributed by atoms with Crippen molar-refractivity contribution in [3.05, 3.63) is 20.1 Å². The molecule has 0 radical (unpaired) electrons. The molecular weight excluding hydrogens is 479 g/mol. The maximum absolute atomic E-state index is 12.7. The average molecular weight is 508 g/mol. The van der Waals surface area contributed by atoms with Gasteiger partial charge >= 0.3 is 0 Å². The van der Waals surface area contributed by atoms with Crippen LogP contribution in [0.25, 0.3) is 0 Å². The van der Waals surface area contributed by atoms with Gasteiger partial charge in [-0.3, -0.25) is 9.36 Å². The topological polar surface area (TPSA) is 76.5 Å². The van der Waals surface area contributed by atoms with Crippen LogP contribution >= 0.6 is 22.6 Å². The van der Waals surface area contributed by atoms with E-state index in [9.17, 15) is 9.00 Å². The van der Waals surface area contributed by atoms with Crippen molar-refractivity contribution in [3.8, 4) is 0 Å². The van der Waals surface area contributed by atoms with E-state index in [1.807, 2.05) is 43.4 Å². The molecule has 3 rings (SSSR count). The van der Waals surface area contributed by atoms with E-state index in [1.54, 1.807) is 17.8 Å². The highest BCUT2D eigenvalue weighted by atomic mass is 127. The maximum Gasteiger partial charge on any atom is 0.268 e. The third-order valence-electron chi connectivity index (χ3n) is 5.70. The Morgan fingerprint density at radius 3 is 2.59 bits per heavy atom. The summed E-state index contributed by atoms with van der Waals surface area (Å²) in [7, 11) is 0.641. The summed E-state index contributed by atoms with van der Waals surface area (Å²) >= 11 is 2.02. The Labute approximate surface area is 177 Å². The van der Waals surface area contributed by atoms with Gasteiger partial charge in [-0.25, -0.2) is 13.9 Å². The number of halogens is 1. The van der Waals surface area contributed by atoms with Gasteiger partial charge in [-0.15, -0.1) is 0 Å². The Hall–Kier alpha value is -0.520. The van der Waals surface area contributed by atoms with Gasteiger partial charge < -0.3 is 9.64 Å². The zero-order valence-electron chi connectivity index (χ0n) is 16.6. The fourth-order valence-corrected chi connectivity index (χ4v) is 5.43. The van der Waals surface area contributed by atoms with Crippen LogP contribution in [0.2, 0.25) is 0 Å². The second-order valence-electron chi connectivity index (χ2n) is 8.61. The second kappa shape index (κ2) is 7.72. The summed E-state index contributed by atoms with van der Waals surface area (Å²) in [6, 6.07) is 0.0632. The van der Waals surface area contributed by atoms with Gasteiger partial charge in [-0.05, 0) is 63.1 Å². The van der Waals surface area contributed by atoms with Crippen molar-refractivity contribution in [1.82, 2.24) is 14.3 Å². The third kappa shape index (κ3) is 4.11. The predicted molar refractivity (Wildman–Crippen MR) is 116 cm³/mol. The number of aromatic nitrogens is 2. The van der Waals surface area contributed by atoms with E-state index in [-0.39, 0.29) is 27.9 Å². The summed E-state index contributed by atoms with van der Waals surface area (Å²) in [5.74, 6) is 0.713. The van der Waals surface area contributed by atoms with E-state index in [1.165, 1.54) is 0 Å². The predicted octanol–water partition coefficient (Wildman–Crippen LogP) is 1.81. The summed E-state index contributed by atoms with van der Waals surface area (Å²) in [4.78, 5) is 18.9. The molecule has 7 nitrogen and oxygen atoms in total. The first-order valence-electron chi connectivity index (χ1n) is 9.31. The highest BCUT2D eigenvalue weighted by Gasteiger charge is 2.50. The zero-order valence-corrected chi connectivity index (χ0v) is 19.6. The van der Waals surface area contributed by atoms with E-state index in [0.29, 0.717) is 16.1 Å². The minimum atomic E-state index is -1.13. The lowest BCUT2D eigenvalue weighted by molar-refractivity contribution is 0.0972. The van der Waals surface area contributed by atoms with Crippen molar-refractivity contribution in [1.29, 1.82) is 0 Å². The van der Waals surface area contributed by atoms with Gasteiger partial charge in [-0.2, -0.15) is 0 Å². The van der Waals surface area contributed by atoms with Crippen LogP contribution in [0.4, 0.5) is 5.95 Å². The lowest BCUT2D eigenvalue weighted by Crippen LogP contribution is -2.55. The van der Waals surface area contributed by atoms with Crippen molar-refractivity contribution in [2.24, 2.45) is 12.5 Å². The first-order valence-corrected chi connectivity index (χ1v) is 11.5. The fraction of sp³-hybridized carbons (Fsp3) is 0.778. The molecule has 2 saturated heterocycles. The Bertz CT molecular complexity index is 784. The Kier molecular flexibility index (Phi) is 6.06. The zero-order chi connectivity index (χ0) is 20.0. The van der Waals surface area contributed by atoms with Crippen LogP contribution in [0, 0.1) is 8.99 Å². The molecule has 1 spiro atoms. The molecule has 3 heterocycles. The van der Waals surface area contributed by atoms with E-state index < -0.39 is 11.0 Å². The van der Waals surface area contributed by atoms with Crippen LogP contribution in [-0.4, -0.2) is 50.3 Å². The molecule has 0 amide bonds. The number of ether oxygens (including phenoxy) is 1. The normalized spacial score (nSPS) is 26.5. The van der Waals surface area contributed by atoms with E-state index in [2.05, 4.69) is 21.5 Å². The molecule has 152 valence electrons. The number of piperidine rings is 1. The molecule has 1 aromatic rings. The summed E-state index contributed by atoms with van der Waals surface area (Å²) in [5, 5.41) is 0.